The number of rotatable bonds is 4. The van der Waals surface area contributed by atoms with Gasteiger partial charge in [0.05, 0.1) is 7.11 Å². The molecule has 3 N–H and O–H groups in total. The molecule has 0 radical (unpaired) electrons. The first kappa shape index (κ1) is 13.9. The number of nitrogens with zero attached hydrogens (tertiary/aromatic N) is 2. The van der Waals surface area contributed by atoms with E-state index in [2.05, 4.69) is 15.4 Å². The molecule has 7 heteroatoms. The maximum Gasteiger partial charge on any atom is 0.237 e. The number of methoxy groups -OCH3 is 1. The summed E-state index contributed by atoms with van der Waals surface area (Å²) in [5.74, 6) is 5.82. The second-order valence-electron chi connectivity index (χ2n) is 4.38. The maximum absolute atomic E-state index is 13.3. The summed E-state index contributed by atoms with van der Waals surface area (Å²) in [6, 6.07) is 6.27. The summed E-state index contributed by atoms with van der Waals surface area (Å²) in [5, 5.41) is 0.958. The van der Waals surface area contributed by atoms with Crippen molar-refractivity contribution in [3.63, 3.8) is 0 Å². The van der Waals surface area contributed by atoms with Crippen LogP contribution in [0.15, 0.2) is 36.7 Å². The van der Waals surface area contributed by atoms with Gasteiger partial charge in [-0.2, -0.15) is 0 Å². The third-order valence-electron chi connectivity index (χ3n) is 3.11. The molecule has 2 heterocycles. The van der Waals surface area contributed by atoms with Crippen molar-refractivity contribution < 1.29 is 9.13 Å². The Morgan fingerprint density at radius 1 is 1.29 bits per heavy atom. The molecule has 0 bridgehead atoms. The lowest BCUT2D eigenvalue weighted by Crippen LogP contribution is -2.29. The molecular weight excluding hydrogens is 291 g/mol. The quantitative estimate of drug-likeness (QED) is 0.572. The molecule has 5 nitrogen and oxygen atoms in total. The Kier molecular flexibility index (Phi) is 3.78. The zero-order valence-electron chi connectivity index (χ0n) is 11.2. The summed E-state index contributed by atoms with van der Waals surface area (Å²) in [6.07, 6.45) is 3.13. The fourth-order valence-electron chi connectivity index (χ4n) is 2.15. The Labute approximate surface area is 124 Å². The molecule has 3 rings (SSSR count). The van der Waals surface area contributed by atoms with Crippen LogP contribution >= 0.6 is 11.3 Å². The van der Waals surface area contributed by atoms with Crippen molar-refractivity contribution >= 4 is 21.4 Å². The van der Waals surface area contributed by atoms with E-state index < -0.39 is 0 Å². The number of ether oxygens (including phenoxy) is 1. The van der Waals surface area contributed by atoms with Crippen molar-refractivity contribution in [3.8, 4) is 5.88 Å². The Morgan fingerprint density at radius 3 is 2.86 bits per heavy atom. The van der Waals surface area contributed by atoms with Gasteiger partial charge in [0.1, 0.15) is 17.6 Å². The van der Waals surface area contributed by atoms with Crippen LogP contribution in [0.25, 0.3) is 10.1 Å². The minimum absolute atomic E-state index is 0.259. The predicted octanol–water partition coefficient (Wildman–Crippen LogP) is 2.39. The van der Waals surface area contributed by atoms with Crippen LogP contribution in [0.5, 0.6) is 5.88 Å². The highest BCUT2D eigenvalue weighted by Crippen LogP contribution is 2.34. The van der Waals surface area contributed by atoms with Gasteiger partial charge in [0, 0.05) is 22.0 Å². The van der Waals surface area contributed by atoms with Crippen molar-refractivity contribution in [2.75, 3.05) is 7.11 Å². The van der Waals surface area contributed by atoms with E-state index in [4.69, 9.17) is 10.6 Å². The summed E-state index contributed by atoms with van der Waals surface area (Å²) in [6.45, 7) is 0. The van der Waals surface area contributed by atoms with Gasteiger partial charge in [-0.3, -0.25) is 10.8 Å². The van der Waals surface area contributed by atoms with Crippen molar-refractivity contribution in [2.24, 2.45) is 5.84 Å². The summed E-state index contributed by atoms with van der Waals surface area (Å²) in [7, 11) is 1.53. The molecular formula is C14H13FN4OS. The van der Waals surface area contributed by atoms with Crippen LogP contribution in [0.1, 0.15) is 16.6 Å². The fraction of sp³-hybridized carbons (Fsp3) is 0.143. The second kappa shape index (κ2) is 5.72. The number of thiophene rings is 1. The van der Waals surface area contributed by atoms with Crippen molar-refractivity contribution in [2.45, 2.75) is 6.04 Å². The second-order valence-corrected chi connectivity index (χ2v) is 5.50. The molecule has 1 unspecified atom stereocenters. The summed E-state index contributed by atoms with van der Waals surface area (Å²) in [4.78, 5) is 9.33. The highest BCUT2D eigenvalue weighted by Gasteiger charge is 2.21. The summed E-state index contributed by atoms with van der Waals surface area (Å²) >= 11 is 1.45. The van der Waals surface area contributed by atoms with Gasteiger partial charge in [0.2, 0.25) is 5.88 Å². The van der Waals surface area contributed by atoms with Gasteiger partial charge in [0.25, 0.3) is 0 Å². The number of halogens is 1. The highest BCUT2D eigenvalue weighted by atomic mass is 32.1. The molecule has 0 fully saturated rings. The molecule has 108 valence electrons. The van der Waals surface area contributed by atoms with Gasteiger partial charge in [-0.1, -0.05) is 6.07 Å². The van der Waals surface area contributed by atoms with E-state index in [9.17, 15) is 4.39 Å². The van der Waals surface area contributed by atoms with E-state index in [0.29, 0.717) is 11.6 Å². The Morgan fingerprint density at radius 2 is 2.10 bits per heavy atom. The largest absolute Gasteiger partial charge is 0.480 e. The minimum Gasteiger partial charge on any atom is -0.480 e. The van der Waals surface area contributed by atoms with Crippen LogP contribution in [-0.2, 0) is 0 Å². The molecule has 1 aromatic carbocycles. The standard InChI is InChI=1S/C14H13FN4OS/c1-20-14-13(17-4-5-18-14)12(19-16)11-6-8-2-3-9(15)7-10(8)21-11/h2-7,12,19H,16H2,1H3. The van der Waals surface area contributed by atoms with Crippen LogP contribution in [0.2, 0.25) is 0 Å². The first-order valence-electron chi connectivity index (χ1n) is 6.23. The number of aromatic nitrogens is 2. The lowest BCUT2D eigenvalue weighted by Gasteiger charge is -2.15. The van der Waals surface area contributed by atoms with Crippen LogP contribution in [0.3, 0.4) is 0 Å². The van der Waals surface area contributed by atoms with Crippen LogP contribution in [-0.4, -0.2) is 17.1 Å². The van der Waals surface area contributed by atoms with E-state index >= 15 is 0 Å². The van der Waals surface area contributed by atoms with E-state index in [0.717, 1.165) is 15.0 Å². The summed E-state index contributed by atoms with van der Waals surface area (Å²) in [5.41, 5.74) is 3.31. The molecule has 3 aromatic rings. The zero-order valence-corrected chi connectivity index (χ0v) is 12.0. The molecule has 0 spiro atoms. The zero-order chi connectivity index (χ0) is 14.8. The minimum atomic E-state index is -0.367. The predicted molar refractivity (Wildman–Crippen MR) is 79.5 cm³/mol. The number of nitrogens with one attached hydrogen (secondary N) is 1. The topological polar surface area (TPSA) is 73.1 Å². The highest BCUT2D eigenvalue weighted by molar-refractivity contribution is 7.19. The van der Waals surface area contributed by atoms with E-state index in [-0.39, 0.29) is 11.9 Å². The van der Waals surface area contributed by atoms with E-state index in [1.807, 2.05) is 6.07 Å². The fourth-order valence-corrected chi connectivity index (χ4v) is 3.31. The number of nitrogens with two attached hydrogens (primary N) is 1. The first-order chi connectivity index (χ1) is 10.2. The molecule has 21 heavy (non-hydrogen) atoms. The third kappa shape index (κ3) is 2.58. The van der Waals surface area contributed by atoms with Gasteiger partial charge in [-0.05, 0) is 23.6 Å². The normalized spacial score (nSPS) is 12.5. The maximum atomic E-state index is 13.3. The molecule has 0 aliphatic rings. The SMILES string of the molecule is COc1nccnc1C(NN)c1cc2ccc(F)cc2s1. The molecule has 0 saturated carbocycles. The number of hydrogen-bond donors (Lipinski definition) is 2. The van der Waals surface area contributed by atoms with Crippen molar-refractivity contribution in [1.82, 2.24) is 15.4 Å². The average Bonchev–Trinajstić information content (AvgIpc) is 2.91. The number of hydrogen-bond acceptors (Lipinski definition) is 6. The molecule has 2 aromatic heterocycles. The van der Waals surface area contributed by atoms with Crippen molar-refractivity contribution in [3.05, 3.63) is 53.0 Å². The first-order valence-corrected chi connectivity index (χ1v) is 7.04. The van der Waals surface area contributed by atoms with Gasteiger partial charge >= 0.3 is 0 Å². The monoisotopic (exact) mass is 304 g/mol. The van der Waals surface area contributed by atoms with Crippen LogP contribution in [0, 0.1) is 5.82 Å². The molecule has 0 saturated heterocycles. The molecule has 0 aliphatic heterocycles. The van der Waals surface area contributed by atoms with Crippen LogP contribution < -0.4 is 16.0 Å². The number of fused-ring (bicyclic) bond motifs is 1. The lowest BCUT2D eigenvalue weighted by molar-refractivity contribution is 0.383. The average molecular weight is 304 g/mol. The Bertz CT molecular complexity index is 777. The van der Waals surface area contributed by atoms with Crippen LogP contribution in [0.4, 0.5) is 4.39 Å². The van der Waals surface area contributed by atoms with Crippen molar-refractivity contribution in [1.29, 1.82) is 0 Å². The van der Waals surface area contributed by atoms with E-state index in [1.165, 1.54) is 30.6 Å². The number of hydrazine groups is 1. The van der Waals surface area contributed by atoms with Gasteiger partial charge in [-0.25, -0.2) is 14.8 Å². The third-order valence-corrected chi connectivity index (χ3v) is 4.27. The van der Waals surface area contributed by atoms with E-state index in [1.54, 1.807) is 18.5 Å². The molecule has 0 aliphatic carbocycles. The Hall–Kier alpha value is -2.09. The van der Waals surface area contributed by atoms with Gasteiger partial charge in [-0.15, -0.1) is 11.3 Å². The van der Waals surface area contributed by atoms with Gasteiger partial charge < -0.3 is 4.74 Å². The van der Waals surface area contributed by atoms with Gasteiger partial charge in [0.15, 0.2) is 0 Å². The molecule has 0 amide bonds. The lowest BCUT2D eigenvalue weighted by atomic mass is 10.1. The number of benzene rings is 1. The Balaban J connectivity index is 2.09. The smallest absolute Gasteiger partial charge is 0.237 e. The molecule has 1 atom stereocenters. The summed E-state index contributed by atoms with van der Waals surface area (Å²) < 4.78 is 19.4.